The van der Waals surface area contributed by atoms with E-state index in [1.165, 1.54) is 6.92 Å². The van der Waals surface area contributed by atoms with E-state index in [0.717, 1.165) is 7.11 Å². The Kier molecular flexibility index (Phi) is 4.34. The Bertz CT molecular complexity index is 203. The summed E-state index contributed by atoms with van der Waals surface area (Å²) in [5, 5.41) is 0. The maximum absolute atomic E-state index is 11.6. The largest absolute Gasteiger partial charge is 0.468 e. The molecule has 14 heavy (non-hydrogen) atoms. The third-order valence-electron chi connectivity index (χ3n) is 1.32. The number of carbonyl (C=O) groups excluding carboxylic acids is 1. The second-order valence-corrected chi connectivity index (χ2v) is 3.02. The SMILES string of the molecule is COC(=O)C(C)(N)COCC(F)(F)F. The highest BCUT2D eigenvalue weighted by molar-refractivity contribution is 5.80. The molecule has 0 saturated heterocycles. The highest BCUT2D eigenvalue weighted by atomic mass is 19.4. The first-order valence-corrected chi connectivity index (χ1v) is 3.71. The summed E-state index contributed by atoms with van der Waals surface area (Å²) in [7, 11) is 1.09. The normalized spacial score (nSPS) is 16.1. The van der Waals surface area contributed by atoms with Gasteiger partial charge in [0.05, 0.1) is 13.7 Å². The van der Waals surface area contributed by atoms with Gasteiger partial charge in [0.25, 0.3) is 0 Å². The van der Waals surface area contributed by atoms with Gasteiger partial charge in [0.1, 0.15) is 12.1 Å². The zero-order valence-corrected chi connectivity index (χ0v) is 7.85. The van der Waals surface area contributed by atoms with Crippen molar-refractivity contribution in [3.63, 3.8) is 0 Å². The molecule has 1 unspecified atom stereocenters. The molecule has 0 aromatic rings. The van der Waals surface area contributed by atoms with Crippen molar-refractivity contribution in [2.45, 2.75) is 18.6 Å². The van der Waals surface area contributed by atoms with Gasteiger partial charge in [-0.2, -0.15) is 13.2 Å². The summed E-state index contributed by atoms with van der Waals surface area (Å²) in [6, 6.07) is 0. The predicted octanol–water partition coefficient (Wildman–Crippen LogP) is 0.456. The Hall–Kier alpha value is -0.820. The maximum atomic E-state index is 11.6. The average Bonchev–Trinajstić information content (AvgIpc) is 2.00. The smallest absolute Gasteiger partial charge is 0.411 e. The first kappa shape index (κ1) is 13.2. The molecule has 0 amide bonds. The van der Waals surface area contributed by atoms with Gasteiger partial charge in [-0.15, -0.1) is 0 Å². The fraction of sp³-hybridized carbons (Fsp3) is 0.857. The number of ether oxygens (including phenoxy) is 2. The molecule has 2 N–H and O–H groups in total. The van der Waals surface area contributed by atoms with Crippen molar-refractivity contribution in [1.82, 2.24) is 0 Å². The first-order valence-electron chi connectivity index (χ1n) is 3.71. The molecule has 0 radical (unpaired) electrons. The van der Waals surface area contributed by atoms with Gasteiger partial charge in [0.15, 0.2) is 0 Å². The fourth-order valence-corrected chi connectivity index (χ4v) is 0.671. The lowest BCUT2D eigenvalue weighted by atomic mass is 10.1. The van der Waals surface area contributed by atoms with Crippen molar-refractivity contribution < 1.29 is 27.4 Å². The van der Waals surface area contributed by atoms with Crippen LogP contribution in [0.5, 0.6) is 0 Å². The summed E-state index contributed by atoms with van der Waals surface area (Å²) in [6.07, 6.45) is -4.42. The number of methoxy groups -OCH3 is 1. The van der Waals surface area contributed by atoms with Gasteiger partial charge < -0.3 is 15.2 Å². The molecular formula is C7H12F3NO3. The first-order chi connectivity index (χ1) is 6.19. The number of halogens is 3. The van der Waals surface area contributed by atoms with E-state index in [4.69, 9.17) is 5.73 Å². The monoisotopic (exact) mass is 215 g/mol. The van der Waals surface area contributed by atoms with E-state index < -0.39 is 30.9 Å². The Morgan fingerprint density at radius 1 is 1.36 bits per heavy atom. The van der Waals surface area contributed by atoms with E-state index in [2.05, 4.69) is 9.47 Å². The number of hydrogen-bond acceptors (Lipinski definition) is 4. The van der Waals surface area contributed by atoms with Crippen molar-refractivity contribution in [1.29, 1.82) is 0 Å². The molecule has 0 aromatic heterocycles. The van der Waals surface area contributed by atoms with Crippen LogP contribution in [0.2, 0.25) is 0 Å². The van der Waals surface area contributed by atoms with Crippen LogP contribution in [-0.4, -0.2) is 38.0 Å². The van der Waals surface area contributed by atoms with E-state index in [9.17, 15) is 18.0 Å². The van der Waals surface area contributed by atoms with Gasteiger partial charge in [-0.25, -0.2) is 4.79 Å². The van der Waals surface area contributed by atoms with Gasteiger partial charge in [-0.3, -0.25) is 0 Å². The zero-order chi connectivity index (χ0) is 11.4. The van der Waals surface area contributed by atoms with Crippen molar-refractivity contribution in [2.75, 3.05) is 20.3 Å². The standard InChI is InChI=1S/C7H12F3NO3/c1-6(11,5(12)13-2)3-14-4-7(8,9)10/h3-4,11H2,1-2H3. The quantitative estimate of drug-likeness (QED) is 0.692. The fourth-order valence-electron chi connectivity index (χ4n) is 0.671. The molecule has 0 aliphatic rings. The van der Waals surface area contributed by atoms with Gasteiger partial charge >= 0.3 is 12.1 Å². The molecule has 0 aromatic carbocycles. The van der Waals surface area contributed by atoms with Crippen molar-refractivity contribution >= 4 is 5.97 Å². The summed E-state index contributed by atoms with van der Waals surface area (Å²) >= 11 is 0. The van der Waals surface area contributed by atoms with Crippen LogP contribution in [-0.2, 0) is 14.3 Å². The van der Waals surface area contributed by atoms with Crippen LogP contribution >= 0.6 is 0 Å². The number of hydrogen-bond donors (Lipinski definition) is 1. The van der Waals surface area contributed by atoms with Gasteiger partial charge in [-0.1, -0.05) is 0 Å². The van der Waals surface area contributed by atoms with Crippen LogP contribution in [0.3, 0.4) is 0 Å². The summed E-state index contributed by atoms with van der Waals surface area (Å²) in [6.45, 7) is -0.745. The van der Waals surface area contributed by atoms with Crippen LogP contribution in [0.4, 0.5) is 13.2 Å². The van der Waals surface area contributed by atoms with Crippen LogP contribution in [0.25, 0.3) is 0 Å². The molecule has 7 heteroatoms. The number of nitrogens with two attached hydrogens (primary N) is 1. The molecule has 0 aliphatic heterocycles. The van der Waals surface area contributed by atoms with Crippen LogP contribution < -0.4 is 5.73 Å². The van der Waals surface area contributed by atoms with Crippen LogP contribution in [0.15, 0.2) is 0 Å². The molecule has 1 atom stereocenters. The van der Waals surface area contributed by atoms with E-state index in [1.807, 2.05) is 0 Å². The molecule has 0 saturated carbocycles. The molecular weight excluding hydrogens is 203 g/mol. The minimum absolute atomic E-state index is 0.542. The Morgan fingerprint density at radius 2 is 1.86 bits per heavy atom. The molecule has 0 bridgehead atoms. The summed E-state index contributed by atoms with van der Waals surface area (Å²) in [4.78, 5) is 10.9. The van der Waals surface area contributed by atoms with Crippen LogP contribution in [0, 0.1) is 0 Å². The van der Waals surface area contributed by atoms with E-state index in [0.29, 0.717) is 0 Å². The molecule has 0 aliphatic carbocycles. The highest BCUT2D eigenvalue weighted by Gasteiger charge is 2.33. The van der Waals surface area contributed by atoms with Gasteiger partial charge in [0.2, 0.25) is 0 Å². The molecule has 0 rings (SSSR count). The molecule has 84 valence electrons. The van der Waals surface area contributed by atoms with Gasteiger partial charge in [-0.05, 0) is 6.92 Å². The highest BCUT2D eigenvalue weighted by Crippen LogP contribution is 2.15. The maximum Gasteiger partial charge on any atom is 0.411 e. The Balaban J connectivity index is 3.94. The van der Waals surface area contributed by atoms with Crippen molar-refractivity contribution in [2.24, 2.45) is 5.73 Å². The summed E-state index contributed by atoms with van der Waals surface area (Å²) in [5.74, 6) is -0.820. The molecule has 4 nitrogen and oxygen atoms in total. The average molecular weight is 215 g/mol. The second kappa shape index (κ2) is 4.61. The minimum Gasteiger partial charge on any atom is -0.468 e. The van der Waals surface area contributed by atoms with Crippen molar-refractivity contribution in [3.8, 4) is 0 Å². The Labute approximate surface area is 79.2 Å². The molecule has 0 heterocycles. The lowest BCUT2D eigenvalue weighted by molar-refractivity contribution is -0.180. The number of rotatable bonds is 4. The molecule has 0 spiro atoms. The topological polar surface area (TPSA) is 61.5 Å². The lowest BCUT2D eigenvalue weighted by Gasteiger charge is -2.21. The minimum atomic E-state index is -4.42. The number of esters is 1. The van der Waals surface area contributed by atoms with Crippen molar-refractivity contribution in [3.05, 3.63) is 0 Å². The third kappa shape index (κ3) is 5.03. The van der Waals surface area contributed by atoms with E-state index in [-0.39, 0.29) is 0 Å². The predicted molar refractivity (Wildman–Crippen MR) is 41.5 cm³/mol. The summed E-state index contributed by atoms with van der Waals surface area (Å²) < 4.78 is 43.4. The van der Waals surface area contributed by atoms with E-state index in [1.54, 1.807) is 0 Å². The third-order valence-corrected chi connectivity index (χ3v) is 1.32. The number of carbonyl (C=O) groups is 1. The Morgan fingerprint density at radius 3 is 2.21 bits per heavy atom. The second-order valence-electron chi connectivity index (χ2n) is 3.02. The van der Waals surface area contributed by atoms with Crippen LogP contribution in [0.1, 0.15) is 6.92 Å². The lowest BCUT2D eigenvalue weighted by Crippen LogP contribution is -2.50. The van der Waals surface area contributed by atoms with Gasteiger partial charge in [0, 0.05) is 0 Å². The summed E-state index contributed by atoms with van der Waals surface area (Å²) in [5.41, 5.74) is 3.78. The van der Waals surface area contributed by atoms with E-state index >= 15 is 0 Å². The zero-order valence-electron chi connectivity index (χ0n) is 7.85. The molecule has 0 fully saturated rings. The number of alkyl halides is 3.